The highest BCUT2D eigenvalue weighted by Crippen LogP contribution is 2.40. The SMILES string of the molecule is CCOCC12CCCOC1CCN(C(=O)c1ccc(C)o1)C2. The van der Waals surface area contributed by atoms with Crippen LogP contribution in [0.5, 0.6) is 0 Å². The van der Waals surface area contributed by atoms with Crippen LogP contribution in [0.2, 0.25) is 0 Å². The molecular formula is C17H25NO4. The maximum atomic E-state index is 12.7. The topological polar surface area (TPSA) is 51.9 Å². The molecule has 2 fully saturated rings. The Balaban J connectivity index is 1.76. The molecule has 0 aromatic carbocycles. The van der Waals surface area contributed by atoms with Crippen LogP contribution in [0.25, 0.3) is 0 Å². The number of piperidine rings is 1. The van der Waals surface area contributed by atoms with Gasteiger partial charge in [0.2, 0.25) is 0 Å². The molecule has 2 aliphatic heterocycles. The number of amides is 1. The van der Waals surface area contributed by atoms with Gasteiger partial charge in [-0.3, -0.25) is 4.79 Å². The first-order valence-corrected chi connectivity index (χ1v) is 8.20. The molecule has 3 rings (SSSR count). The second-order valence-electron chi connectivity index (χ2n) is 6.39. The van der Waals surface area contributed by atoms with Gasteiger partial charge in [-0.25, -0.2) is 0 Å². The quantitative estimate of drug-likeness (QED) is 0.858. The van der Waals surface area contributed by atoms with E-state index in [1.807, 2.05) is 24.8 Å². The molecule has 3 heterocycles. The Kier molecular flexibility index (Phi) is 4.54. The number of hydrogen-bond donors (Lipinski definition) is 0. The summed E-state index contributed by atoms with van der Waals surface area (Å²) in [6.07, 6.45) is 3.16. The molecular weight excluding hydrogens is 282 g/mol. The molecule has 1 amide bonds. The molecule has 0 spiro atoms. The lowest BCUT2D eigenvalue weighted by Crippen LogP contribution is -2.58. The van der Waals surface area contributed by atoms with Crippen LogP contribution in [0, 0.1) is 12.3 Å². The van der Waals surface area contributed by atoms with E-state index < -0.39 is 0 Å². The number of carbonyl (C=O) groups is 1. The van der Waals surface area contributed by atoms with Crippen molar-refractivity contribution in [2.45, 2.75) is 39.2 Å². The molecule has 0 N–H and O–H groups in total. The fraction of sp³-hybridized carbons (Fsp3) is 0.706. The highest BCUT2D eigenvalue weighted by Gasteiger charge is 2.47. The summed E-state index contributed by atoms with van der Waals surface area (Å²) in [7, 11) is 0. The lowest BCUT2D eigenvalue weighted by Gasteiger charge is -2.50. The number of carbonyl (C=O) groups excluding carboxylic acids is 1. The minimum absolute atomic E-state index is 0.0204. The van der Waals surface area contributed by atoms with Crippen LogP contribution < -0.4 is 0 Å². The zero-order chi connectivity index (χ0) is 15.6. The number of likely N-dealkylation sites (tertiary alicyclic amines) is 1. The van der Waals surface area contributed by atoms with Crippen LogP contribution >= 0.6 is 0 Å². The van der Waals surface area contributed by atoms with Crippen molar-refractivity contribution in [3.8, 4) is 0 Å². The summed E-state index contributed by atoms with van der Waals surface area (Å²) in [5.41, 5.74) is -0.0657. The molecule has 122 valence electrons. The van der Waals surface area contributed by atoms with Crippen molar-refractivity contribution in [1.82, 2.24) is 4.90 Å². The Morgan fingerprint density at radius 1 is 1.50 bits per heavy atom. The number of furan rings is 1. The lowest BCUT2D eigenvalue weighted by atomic mass is 9.73. The number of nitrogens with zero attached hydrogens (tertiary/aromatic N) is 1. The number of ether oxygens (including phenoxy) is 2. The van der Waals surface area contributed by atoms with Gasteiger partial charge >= 0.3 is 0 Å². The molecule has 2 atom stereocenters. The van der Waals surface area contributed by atoms with Gasteiger partial charge in [-0.15, -0.1) is 0 Å². The van der Waals surface area contributed by atoms with E-state index >= 15 is 0 Å². The fourth-order valence-electron chi connectivity index (χ4n) is 3.68. The molecule has 0 aliphatic carbocycles. The van der Waals surface area contributed by atoms with E-state index in [1.54, 1.807) is 6.07 Å². The molecule has 1 aromatic heterocycles. The van der Waals surface area contributed by atoms with Crippen LogP contribution in [0.4, 0.5) is 0 Å². The number of aryl methyl sites for hydroxylation is 1. The minimum Gasteiger partial charge on any atom is -0.456 e. The van der Waals surface area contributed by atoms with Gasteiger partial charge < -0.3 is 18.8 Å². The Morgan fingerprint density at radius 3 is 3.09 bits per heavy atom. The summed E-state index contributed by atoms with van der Waals surface area (Å²) in [6.45, 7) is 7.45. The Labute approximate surface area is 131 Å². The van der Waals surface area contributed by atoms with Crippen molar-refractivity contribution in [3.05, 3.63) is 23.7 Å². The third kappa shape index (κ3) is 2.92. The average Bonchev–Trinajstić information content (AvgIpc) is 2.98. The second-order valence-corrected chi connectivity index (χ2v) is 6.39. The van der Waals surface area contributed by atoms with Crippen LogP contribution in [0.3, 0.4) is 0 Å². The van der Waals surface area contributed by atoms with Gasteiger partial charge in [0.25, 0.3) is 5.91 Å². The van der Waals surface area contributed by atoms with Crippen molar-refractivity contribution in [2.75, 3.05) is 32.9 Å². The van der Waals surface area contributed by atoms with Gasteiger partial charge in [0.1, 0.15) is 5.76 Å². The number of fused-ring (bicyclic) bond motifs is 1. The van der Waals surface area contributed by atoms with E-state index in [0.717, 1.165) is 38.2 Å². The predicted octanol–water partition coefficient (Wildman–Crippen LogP) is 2.64. The molecule has 2 unspecified atom stereocenters. The molecule has 2 aliphatic rings. The van der Waals surface area contributed by atoms with Gasteiger partial charge in [0.15, 0.2) is 5.76 Å². The third-order valence-electron chi connectivity index (χ3n) is 4.82. The molecule has 0 bridgehead atoms. The van der Waals surface area contributed by atoms with Crippen molar-refractivity contribution in [1.29, 1.82) is 0 Å². The molecule has 5 heteroatoms. The third-order valence-corrected chi connectivity index (χ3v) is 4.82. The van der Waals surface area contributed by atoms with Crippen molar-refractivity contribution in [2.24, 2.45) is 5.41 Å². The zero-order valence-electron chi connectivity index (χ0n) is 13.5. The van der Waals surface area contributed by atoms with Crippen molar-refractivity contribution < 1.29 is 18.7 Å². The van der Waals surface area contributed by atoms with Crippen LogP contribution in [-0.2, 0) is 9.47 Å². The van der Waals surface area contributed by atoms with Crippen LogP contribution in [-0.4, -0.2) is 49.8 Å². The minimum atomic E-state index is -0.0657. The largest absolute Gasteiger partial charge is 0.456 e. The van der Waals surface area contributed by atoms with E-state index in [0.29, 0.717) is 25.5 Å². The summed E-state index contributed by atoms with van der Waals surface area (Å²) >= 11 is 0. The van der Waals surface area contributed by atoms with Crippen molar-refractivity contribution >= 4 is 5.91 Å². The van der Waals surface area contributed by atoms with Crippen LogP contribution in [0.15, 0.2) is 16.5 Å². The Morgan fingerprint density at radius 2 is 2.36 bits per heavy atom. The maximum absolute atomic E-state index is 12.7. The van der Waals surface area contributed by atoms with Crippen LogP contribution in [0.1, 0.15) is 42.5 Å². The van der Waals surface area contributed by atoms with Gasteiger partial charge in [-0.2, -0.15) is 0 Å². The predicted molar refractivity (Wildman–Crippen MR) is 81.9 cm³/mol. The van der Waals surface area contributed by atoms with Crippen molar-refractivity contribution in [3.63, 3.8) is 0 Å². The lowest BCUT2D eigenvalue weighted by molar-refractivity contribution is -0.146. The first-order chi connectivity index (χ1) is 10.6. The molecule has 0 radical (unpaired) electrons. The smallest absolute Gasteiger partial charge is 0.289 e. The number of rotatable bonds is 4. The molecule has 5 nitrogen and oxygen atoms in total. The maximum Gasteiger partial charge on any atom is 0.289 e. The summed E-state index contributed by atoms with van der Waals surface area (Å²) in [4.78, 5) is 14.6. The first-order valence-electron chi connectivity index (χ1n) is 8.20. The van der Waals surface area contributed by atoms with E-state index in [2.05, 4.69) is 0 Å². The average molecular weight is 307 g/mol. The highest BCUT2D eigenvalue weighted by molar-refractivity contribution is 5.91. The van der Waals surface area contributed by atoms with Gasteiger partial charge in [0, 0.05) is 31.7 Å². The summed E-state index contributed by atoms with van der Waals surface area (Å²) < 4.78 is 17.2. The summed E-state index contributed by atoms with van der Waals surface area (Å²) in [6, 6.07) is 3.59. The van der Waals surface area contributed by atoms with Gasteiger partial charge in [-0.05, 0) is 45.2 Å². The monoisotopic (exact) mass is 307 g/mol. The molecule has 1 aromatic rings. The normalized spacial score (nSPS) is 28.5. The van der Waals surface area contributed by atoms with E-state index in [9.17, 15) is 4.79 Å². The van der Waals surface area contributed by atoms with E-state index in [4.69, 9.17) is 13.9 Å². The van der Waals surface area contributed by atoms with E-state index in [1.165, 1.54) is 0 Å². The number of hydrogen-bond acceptors (Lipinski definition) is 4. The molecule has 22 heavy (non-hydrogen) atoms. The molecule has 0 saturated carbocycles. The summed E-state index contributed by atoms with van der Waals surface area (Å²) in [5.74, 6) is 1.18. The fourth-order valence-corrected chi connectivity index (χ4v) is 3.68. The second kappa shape index (κ2) is 6.42. The summed E-state index contributed by atoms with van der Waals surface area (Å²) in [5, 5.41) is 0. The van der Waals surface area contributed by atoms with Gasteiger partial charge in [-0.1, -0.05) is 0 Å². The highest BCUT2D eigenvalue weighted by atomic mass is 16.5. The van der Waals surface area contributed by atoms with Gasteiger partial charge in [0.05, 0.1) is 12.7 Å². The molecule has 2 saturated heterocycles. The first kappa shape index (κ1) is 15.6. The zero-order valence-corrected chi connectivity index (χ0v) is 13.5. The standard InChI is InChI=1S/C17H25NO4/c1-3-20-12-17-8-4-10-21-15(17)7-9-18(11-17)16(19)14-6-5-13(2)22-14/h5-6,15H,3-4,7-12H2,1-2H3. The Hall–Kier alpha value is -1.33. The van der Waals surface area contributed by atoms with E-state index in [-0.39, 0.29) is 17.4 Å². The Bertz CT molecular complexity index is 526.